The lowest BCUT2D eigenvalue weighted by Crippen LogP contribution is -2.32. The lowest BCUT2D eigenvalue weighted by atomic mass is 10.0. The molecule has 0 bridgehead atoms. The molecule has 0 spiro atoms. The topological polar surface area (TPSA) is 104 Å². The van der Waals surface area contributed by atoms with E-state index in [1.54, 1.807) is 48.5 Å². The summed E-state index contributed by atoms with van der Waals surface area (Å²) in [5.41, 5.74) is 4.60. The second kappa shape index (κ2) is 11.7. The first-order valence-electron chi connectivity index (χ1n) is 9.98. The first kappa shape index (κ1) is 22.2. The van der Waals surface area contributed by atoms with Crippen LogP contribution in [0.4, 0.5) is 0 Å². The molecule has 160 valence electrons. The van der Waals surface area contributed by atoms with E-state index in [2.05, 4.69) is 15.8 Å². The Hall–Kier alpha value is -4.44. The first-order chi connectivity index (χ1) is 15.7. The molecule has 0 aromatic heterocycles. The van der Waals surface area contributed by atoms with Crippen LogP contribution in [0.5, 0.6) is 5.75 Å². The molecule has 2 N–H and O–H groups in total. The Morgan fingerprint density at radius 2 is 1.62 bits per heavy atom. The van der Waals surface area contributed by atoms with Crippen LogP contribution in [0.2, 0.25) is 0 Å². The number of rotatable bonds is 9. The summed E-state index contributed by atoms with van der Waals surface area (Å²) < 4.78 is 5.19. The van der Waals surface area contributed by atoms with Crippen molar-refractivity contribution >= 4 is 18.0 Å². The molecule has 0 radical (unpaired) electrons. The number of hydrogen-bond acceptors (Lipinski definition) is 5. The van der Waals surface area contributed by atoms with E-state index in [9.17, 15) is 9.59 Å². The normalized spacial score (nSPS) is 11.3. The van der Waals surface area contributed by atoms with Crippen molar-refractivity contribution in [3.63, 3.8) is 0 Å². The number of nitrogens with zero attached hydrogens (tertiary/aromatic N) is 2. The molecule has 7 heteroatoms. The lowest BCUT2D eigenvalue weighted by molar-refractivity contribution is -0.121. The molecule has 32 heavy (non-hydrogen) atoms. The van der Waals surface area contributed by atoms with Crippen LogP contribution in [0.15, 0.2) is 90.0 Å². The number of carbonyl (C=O) groups excluding carboxylic acids is 2. The number of ether oxygens (including phenoxy) is 1. The quantitative estimate of drug-likeness (QED) is 0.403. The number of benzene rings is 3. The molecule has 0 heterocycles. The zero-order valence-corrected chi connectivity index (χ0v) is 17.3. The van der Waals surface area contributed by atoms with Gasteiger partial charge in [0, 0.05) is 5.56 Å². The van der Waals surface area contributed by atoms with E-state index in [-0.39, 0.29) is 24.8 Å². The summed E-state index contributed by atoms with van der Waals surface area (Å²) in [6.07, 6.45) is 1.53. The second-order valence-electron chi connectivity index (χ2n) is 6.82. The van der Waals surface area contributed by atoms with Gasteiger partial charge in [-0.15, -0.1) is 0 Å². The molecule has 7 nitrogen and oxygen atoms in total. The van der Waals surface area contributed by atoms with Gasteiger partial charge in [-0.3, -0.25) is 9.59 Å². The predicted molar refractivity (Wildman–Crippen MR) is 121 cm³/mol. The standard InChI is InChI=1S/C25H22N4O3/c26-15-16-32-22-13-11-19(12-14-22)18-27-29-24(30)17-23(20-7-3-1-4-8-20)28-25(31)21-9-5-2-6-10-21/h1-14,18,23H,16-17H2,(H,28,31)(H,29,30)/b27-18-/t23-/m0/s1. The number of hydrazone groups is 1. The van der Waals surface area contributed by atoms with Gasteiger partial charge in [0.05, 0.1) is 18.7 Å². The fourth-order valence-electron chi connectivity index (χ4n) is 2.94. The molecule has 2 amide bonds. The van der Waals surface area contributed by atoms with E-state index in [1.165, 1.54) is 6.21 Å². The number of nitrogens with one attached hydrogen (secondary N) is 2. The molecule has 3 aromatic rings. The first-order valence-corrected chi connectivity index (χ1v) is 9.98. The Bertz CT molecular complexity index is 1090. The third kappa shape index (κ3) is 6.82. The van der Waals surface area contributed by atoms with Gasteiger partial charge in [0.15, 0.2) is 6.61 Å². The maximum Gasteiger partial charge on any atom is 0.251 e. The van der Waals surface area contributed by atoms with E-state index in [4.69, 9.17) is 10.00 Å². The van der Waals surface area contributed by atoms with E-state index >= 15 is 0 Å². The van der Waals surface area contributed by atoms with Gasteiger partial charge in [0.1, 0.15) is 11.8 Å². The second-order valence-corrected chi connectivity index (χ2v) is 6.82. The van der Waals surface area contributed by atoms with Crippen molar-refractivity contribution in [2.75, 3.05) is 6.61 Å². The third-order valence-electron chi connectivity index (χ3n) is 4.52. The van der Waals surface area contributed by atoms with E-state index in [1.807, 2.05) is 42.5 Å². The van der Waals surface area contributed by atoms with Crippen molar-refractivity contribution in [1.82, 2.24) is 10.7 Å². The van der Waals surface area contributed by atoms with Gasteiger partial charge in [-0.2, -0.15) is 10.4 Å². The van der Waals surface area contributed by atoms with E-state index < -0.39 is 6.04 Å². The molecule has 3 aromatic carbocycles. The molecule has 3 rings (SSSR count). The Morgan fingerprint density at radius 1 is 0.969 bits per heavy atom. The Kier molecular flexibility index (Phi) is 8.11. The molecule has 0 aliphatic carbocycles. The minimum absolute atomic E-state index is 0.0209. The van der Waals surface area contributed by atoms with Gasteiger partial charge in [-0.05, 0) is 47.5 Å². The monoisotopic (exact) mass is 426 g/mol. The molecule has 1 atom stereocenters. The van der Waals surface area contributed by atoms with Gasteiger partial charge in [-0.1, -0.05) is 48.5 Å². The Labute approximate surface area is 186 Å². The highest BCUT2D eigenvalue weighted by molar-refractivity contribution is 5.94. The SMILES string of the molecule is N#CCOc1ccc(/C=N\NC(=O)C[C@H](NC(=O)c2ccccc2)c2ccccc2)cc1. The number of carbonyl (C=O) groups is 2. The Balaban J connectivity index is 1.60. The number of hydrogen-bond donors (Lipinski definition) is 2. The molecular formula is C25H22N4O3. The van der Waals surface area contributed by atoms with Crippen LogP contribution < -0.4 is 15.5 Å². The molecule has 0 fully saturated rings. The van der Waals surface area contributed by atoms with Crippen molar-refractivity contribution in [3.8, 4) is 11.8 Å². The van der Waals surface area contributed by atoms with Gasteiger partial charge in [0.25, 0.3) is 5.91 Å². The highest BCUT2D eigenvalue weighted by atomic mass is 16.5. The average molecular weight is 426 g/mol. The van der Waals surface area contributed by atoms with Crippen molar-refractivity contribution in [2.24, 2.45) is 5.10 Å². The van der Waals surface area contributed by atoms with Crippen LogP contribution >= 0.6 is 0 Å². The van der Waals surface area contributed by atoms with Gasteiger partial charge in [0.2, 0.25) is 5.91 Å². The largest absolute Gasteiger partial charge is 0.479 e. The predicted octanol–water partition coefficient (Wildman–Crippen LogP) is 3.60. The minimum atomic E-state index is -0.504. The van der Waals surface area contributed by atoms with Crippen LogP contribution in [0.3, 0.4) is 0 Å². The third-order valence-corrected chi connectivity index (χ3v) is 4.52. The Morgan fingerprint density at radius 3 is 2.28 bits per heavy atom. The van der Waals surface area contributed by atoms with Crippen LogP contribution in [-0.4, -0.2) is 24.6 Å². The smallest absolute Gasteiger partial charge is 0.251 e. The molecular weight excluding hydrogens is 404 g/mol. The zero-order valence-electron chi connectivity index (χ0n) is 17.3. The molecule has 0 aliphatic heterocycles. The van der Waals surface area contributed by atoms with Gasteiger partial charge in [-0.25, -0.2) is 5.43 Å². The maximum absolute atomic E-state index is 12.6. The summed E-state index contributed by atoms with van der Waals surface area (Å²) in [5.74, 6) is -0.0144. The lowest BCUT2D eigenvalue weighted by Gasteiger charge is -2.18. The fraction of sp³-hybridized carbons (Fsp3) is 0.120. The van der Waals surface area contributed by atoms with E-state index in [0.717, 1.165) is 11.1 Å². The highest BCUT2D eigenvalue weighted by Gasteiger charge is 2.19. The summed E-state index contributed by atoms with van der Waals surface area (Å²) >= 11 is 0. The van der Waals surface area contributed by atoms with Crippen molar-refractivity contribution < 1.29 is 14.3 Å². The average Bonchev–Trinajstić information content (AvgIpc) is 2.84. The summed E-state index contributed by atoms with van der Waals surface area (Å²) in [7, 11) is 0. The van der Waals surface area contributed by atoms with Gasteiger partial charge < -0.3 is 10.1 Å². The van der Waals surface area contributed by atoms with Gasteiger partial charge >= 0.3 is 0 Å². The molecule has 0 unspecified atom stereocenters. The molecule has 0 aliphatic rings. The van der Waals surface area contributed by atoms with Crippen molar-refractivity contribution in [2.45, 2.75) is 12.5 Å². The summed E-state index contributed by atoms with van der Waals surface area (Å²) in [6, 6.07) is 26.5. The zero-order chi connectivity index (χ0) is 22.6. The highest BCUT2D eigenvalue weighted by Crippen LogP contribution is 2.17. The van der Waals surface area contributed by atoms with Crippen LogP contribution in [-0.2, 0) is 4.79 Å². The van der Waals surface area contributed by atoms with Crippen molar-refractivity contribution in [1.29, 1.82) is 5.26 Å². The molecule has 0 saturated heterocycles. The number of nitriles is 1. The summed E-state index contributed by atoms with van der Waals surface area (Å²) in [5, 5.41) is 15.4. The maximum atomic E-state index is 12.6. The summed E-state index contributed by atoms with van der Waals surface area (Å²) in [4.78, 5) is 25.1. The van der Waals surface area contributed by atoms with E-state index in [0.29, 0.717) is 11.3 Å². The van der Waals surface area contributed by atoms with Crippen LogP contribution in [0.1, 0.15) is 33.9 Å². The van der Waals surface area contributed by atoms with Crippen LogP contribution in [0.25, 0.3) is 0 Å². The fourth-order valence-corrected chi connectivity index (χ4v) is 2.94. The molecule has 0 saturated carbocycles. The number of amides is 2. The van der Waals surface area contributed by atoms with Crippen molar-refractivity contribution in [3.05, 3.63) is 102 Å². The summed E-state index contributed by atoms with van der Waals surface area (Å²) in [6.45, 7) is -0.0209. The van der Waals surface area contributed by atoms with Crippen LogP contribution in [0, 0.1) is 11.3 Å². The minimum Gasteiger partial charge on any atom is -0.479 e.